The maximum absolute atomic E-state index is 11.7. The molecule has 1 unspecified atom stereocenters. The molecule has 0 aromatic carbocycles. The molecule has 5 heteroatoms. The van der Waals surface area contributed by atoms with Gasteiger partial charge in [-0.05, 0) is 20.8 Å². The van der Waals surface area contributed by atoms with E-state index in [2.05, 4.69) is 6.07 Å². The minimum absolute atomic E-state index is 0.0165. The summed E-state index contributed by atoms with van der Waals surface area (Å²) < 4.78 is -0.237. The Balaban J connectivity index is 2.26. The summed E-state index contributed by atoms with van der Waals surface area (Å²) in [6, 6.07) is 1.81. The van der Waals surface area contributed by atoms with Crippen molar-refractivity contribution in [2.24, 2.45) is 5.92 Å². The van der Waals surface area contributed by atoms with Crippen LogP contribution in [0.2, 0.25) is 0 Å². The molecule has 0 spiro atoms. The van der Waals surface area contributed by atoms with Crippen LogP contribution in [0.5, 0.6) is 0 Å². The van der Waals surface area contributed by atoms with Gasteiger partial charge in [0.2, 0.25) is 5.91 Å². The lowest BCUT2D eigenvalue weighted by molar-refractivity contribution is -0.157. The first kappa shape index (κ1) is 10.8. The Morgan fingerprint density at radius 3 is 2.73 bits per heavy atom. The number of thioether (sulfide) groups is 1. The fourth-order valence-electron chi connectivity index (χ4n) is 2.29. The second-order valence-corrected chi connectivity index (χ2v) is 6.43. The van der Waals surface area contributed by atoms with E-state index in [4.69, 9.17) is 5.26 Å². The number of aliphatic hydroxyl groups is 1. The molecule has 0 bridgehead atoms. The van der Waals surface area contributed by atoms with Crippen LogP contribution in [-0.2, 0) is 4.79 Å². The Morgan fingerprint density at radius 1 is 1.67 bits per heavy atom. The number of carbonyl (C=O) groups is 1. The molecule has 2 fully saturated rings. The lowest BCUT2D eigenvalue weighted by Gasteiger charge is -2.44. The van der Waals surface area contributed by atoms with Crippen LogP contribution in [0, 0.1) is 17.2 Å². The third kappa shape index (κ3) is 1.28. The first-order valence-electron chi connectivity index (χ1n) is 4.98. The molecule has 1 N–H and O–H groups in total. The number of carbonyl (C=O) groups excluding carboxylic acids is 1. The van der Waals surface area contributed by atoms with Gasteiger partial charge in [0.15, 0.2) is 0 Å². The third-order valence-electron chi connectivity index (χ3n) is 3.12. The van der Waals surface area contributed by atoms with Gasteiger partial charge in [0, 0.05) is 4.75 Å². The van der Waals surface area contributed by atoms with Crippen molar-refractivity contribution in [1.29, 1.82) is 5.26 Å². The first-order valence-corrected chi connectivity index (χ1v) is 5.86. The van der Waals surface area contributed by atoms with Crippen molar-refractivity contribution >= 4 is 17.7 Å². The fraction of sp³-hybridized carbons (Fsp3) is 0.800. The van der Waals surface area contributed by atoms with Crippen LogP contribution < -0.4 is 0 Å². The number of hydrogen-bond donors (Lipinski definition) is 1. The predicted octanol–water partition coefficient (Wildman–Crippen LogP) is 0.569. The van der Waals surface area contributed by atoms with E-state index in [9.17, 15) is 9.90 Å². The smallest absolute Gasteiger partial charge is 0.233 e. The van der Waals surface area contributed by atoms with Crippen molar-refractivity contribution in [2.45, 2.75) is 43.0 Å². The number of β-lactam (4-membered cyclic amide) rings is 1. The first-order chi connectivity index (χ1) is 6.90. The quantitative estimate of drug-likeness (QED) is 0.664. The van der Waals surface area contributed by atoms with Crippen molar-refractivity contribution in [3.05, 3.63) is 0 Å². The van der Waals surface area contributed by atoms with Crippen molar-refractivity contribution in [2.75, 3.05) is 0 Å². The van der Waals surface area contributed by atoms with Gasteiger partial charge in [0.25, 0.3) is 0 Å². The number of amides is 1. The van der Waals surface area contributed by atoms with Gasteiger partial charge in [-0.25, -0.2) is 0 Å². The van der Waals surface area contributed by atoms with E-state index >= 15 is 0 Å². The van der Waals surface area contributed by atoms with Crippen molar-refractivity contribution in [3.8, 4) is 6.07 Å². The average Bonchev–Trinajstić information content (AvgIpc) is 2.33. The highest BCUT2D eigenvalue weighted by atomic mass is 32.2. The fourth-order valence-corrected chi connectivity index (χ4v) is 4.03. The molecule has 2 saturated heterocycles. The molecule has 2 rings (SSSR count). The maximum atomic E-state index is 11.7. The zero-order valence-electron chi connectivity index (χ0n) is 8.97. The molecule has 0 aliphatic carbocycles. The van der Waals surface area contributed by atoms with Crippen LogP contribution in [0.15, 0.2) is 0 Å². The van der Waals surface area contributed by atoms with Crippen molar-refractivity contribution in [3.63, 3.8) is 0 Å². The molecular formula is C10H14N2O2S. The molecule has 0 aromatic rings. The monoisotopic (exact) mass is 226 g/mol. The third-order valence-corrected chi connectivity index (χ3v) is 4.72. The zero-order valence-corrected chi connectivity index (χ0v) is 9.78. The van der Waals surface area contributed by atoms with Crippen LogP contribution in [0.25, 0.3) is 0 Å². The van der Waals surface area contributed by atoms with Crippen LogP contribution in [0.4, 0.5) is 0 Å². The van der Waals surface area contributed by atoms with E-state index in [0.29, 0.717) is 0 Å². The minimum atomic E-state index is -0.625. The van der Waals surface area contributed by atoms with Crippen LogP contribution in [-0.4, -0.2) is 38.2 Å². The lowest BCUT2D eigenvalue weighted by Crippen LogP contribution is -2.63. The van der Waals surface area contributed by atoms with Crippen LogP contribution in [0.3, 0.4) is 0 Å². The number of fused-ring (bicyclic) bond motifs is 1. The van der Waals surface area contributed by atoms with Crippen LogP contribution >= 0.6 is 11.8 Å². The van der Waals surface area contributed by atoms with Gasteiger partial charge >= 0.3 is 0 Å². The Bertz CT molecular complexity index is 348. The molecule has 1 amide bonds. The molecule has 2 heterocycles. The number of rotatable bonds is 1. The van der Waals surface area contributed by atoms with Crippen molar-refractivity contribution in [1.82, 2.24) is 4.90 Å². The Morgan fingerprint density at radius 2 is 2.27 bits per heavy atom. The summed E-state index contributed by atoms with van der Waals surface area (Å²) >= 11 is 1.61. The molecule has 2 aliphatic rings. The summed E-state index contributed by atoms with van der Waals surface area (Å²) in [5.74, 6) is -0.410. The molecule has 4 nitrogen and oxygen atoms in total. The molecule has 0 radical (unpaired) electrons. The Hall–Kier alpha value is -0.730. The molecule has 0 saturated carbocycles. The van der Waals surface area contributed by atoms with Gasteiger partial charge in [-0.15, -0.1) is 11.8 Å². The van der Waals surface area contributed by atoms with E-state index < -0.39 is 6.10 Å². The van der Waals surface area contributed by atoms with Crippen LogP contribution in [0.1, 0.15) is 20.8 Å². The second kappa shape index (κ2) is 3.13. The summed E-state index contributed by atoms with van der Waals surface area (Å²) in [7, 11) is 0. The van der Waals surface area contributed by atoms with Gasteiger partial charge in [-0.1, -0.05) is 0 Å². The summed E-state index contributed by atoms with van der Waals surface area (Å²) in [6.07, 6.45) is -0.625. The highest BCUT2D eigenvalue weighted by Gasteiger charge is 2.62. The zero-order chi connectivity index (χ0) is 11.4. The number of nitrogens with zero attached hydrogens (tertiary/aromatic N) is 2. The van der Waals surface area contributed by atoms with E-state index in [1.165, 1.54) is 0 Å². The predicted molar refractivity (Wildman–Crippen MR) is 56.9 cm³/mol. The largest absolute Gasteiger partial charge is 0.392 e. The van der Waals surface area contributed by atoms with Gasteiger partial charge < -0.3 is 10.0 Å². The van der Waals surface area contributed by atoms with E-state index in [1.54, 1.807) is 23.6 Å². The standard InChI is InChI=1S/C10H14N2O2S/c1-5(13)7-8(14)12-6(4-11)10(2,3)15-9(7)12/h5-7,9,13H,1-3H3/t5?,6-,7-,9-/m0/s1. The Kier molecular flexibility index (Phi) is 2.25. The van der Waals surface area contributed by atoms with E-state index in [0.717, 1.165) is 0 Å². The highest BCUT2D eigenvalue weighted by molar-refractivity contribution is 8.01. The molecule has 15 heavy (non-hydrogen) atoms. The summed E-state index contributed by atoms with van der Waals surface area (Å²) in [4.78, 5) is 13.4. The van der Waals surface area contributed by atoms with Gasteiger partial charge in [-0.2, -0.15) is 5.26 Å². The van der Waals surface area contributed by atoms with Gasteiger partial charge in [0.05, 0.1) is 23.5 Å². The second-order valence-electron chi connectivity index (χ2n) is 4.66. The molecular weight excluding hydrogens is 212 g/mol. The molecule has 4 atom stereocenters. The summed E-state index contributed by atoms with van der Waals surface area (Å²) in [6.45, 7) is 5.57. The normalized spacial score (nSPS) is 39.3. The highest BCUT2D eigenvalue weighted by Crippen LogP contribution is 2.53. The average molecular weight is 226 g/mol. The Labute approximate surface area is 93.2 Å². The molecule has 0 aromatic heterocycles. The minimum Gasteiger partial charge on any atom is -0.392 e. The summed E-state index contributed by atoms with van der Waals surface area (Å²) in [5, 5.41) is 18.5. The number of aliphatic hydroxyl groups excluding tert-OH is 1. The van der Waals surface area contributed by atoms with Gasteiger partial charge in [-0.3, -0.25) is 4.79 Å². The van der Waals surface area contributed by atoms with E-state index in [-0.39, 0.29) is 28.0 Å². The van der Waals surface area contributed by atoms with Gasteiger partial charge in [0.1, 0.15) is 6.04 Å². The molecule has 82 valence electrons. The van der Waals surface area contributed by atoms with E-state index in [1.807, 2.05) is 13.8 Å². The van der Waals surface area contributed by atoms with Crippen molar-refractivity contribution < 1.29 is 9.90 Å². The maximum Gasteiger partial charge on any atom is 0.233 e. The summed E-state index contributed by atoms with van der Waals surface area (Å²) in [5.41, 5.74) is 0. The SMILES string of the molecule is CC(O)[C@H]1C(=O)N2[C@@H](C#N)C(C)(C)S[C@@H]12. The number of nitriles is 1. The topological polar surface area (TPSA) is 64.3 Å². The number of hydrogen-bond acceptors (Lipinski definition) is 4. The molecule has 2 aliphatic heterocycles. The lowest BCUT2D eigenvalue weighted by atomic mass is 9.89.